The topological polar surface area (TPSA) is 43.1 Å². The van der Waals surface area contributed by atoms with Crippen molar-refractivity contribution >= 4 is 106 Å². The maximum atomic E-state index is 12.6. The van der Waals surface area contributed by atoms with Crippen LogP contribution in [0.1, 0.15) is 5.56 Å². The molecule has 23 heavy (non-hydrogen) atoms. The van der Waals surface area contributed by atoms with Gasteiger partial charge in [-0.2, -0.15) is 11.5 Å². The van der Waals surface area contributed by atoms with Crippen molar-refractivity contribution in [2.75, 3.05) is 0 Å². The van der Waals surface area contributed by atoms with E-state index in [9.17, 15) is 4.79 Å². The summed E-state index contributed by atoms with van der Waals surface area (Å²) in [6.07, 6.45) is 1.32. The molecule has 2 atom stereocenters. The van der Waals surface area contributed by atoms with Gasteiger partial charge in [-0.25, -0.2) is 0 Å². The summed E-state index contributed by atoms with van der Waals surface area (Å²) in [6.45, 7) is 0. The SMILES string of the molecule is [B]c1c([B])c([B])c2c(c1[B])B(Cl)C1([B])C([B])([B])C=CC(=O)C21N. The molecule has 0 aromatic heterocycles. The van der Waals surface area contributed by atoms with Crippen LogP contribution in [0.5, 0.6) is 0 Å². The summed E-state index contributed by atoms with van der Waals surface area (Å²) < 4.78 is 0. The number of carbonyl (C=O) groups is 1. The Kier molecular flexibility index (Phi) is 3.54. The fourth-order valence-corrected chi connectivity index (χ4v) is 4.13. The van der Waals surface area contributed by atoms with Gasteiger partial charge in [-0.15, -0.1) is 16.4 Å². The molecule has 94 valence electrons. The number of fused-ring (bicyclic) bond motifs is 3. The number of halogens is 1. The Morgan fingerprint density at radius 3 is 2.09 bits per heavy atom. The highest BCUT2D eigenvalue weighted by atomic mass is 35.5. The Morgan fingerprint density at radius 1 is 1.00 bits per heavy atom. The summed E-state index contributed by atoms with van der Waals surface area (Å²) in [5.74, 6) is -0.550. The molecule has 0 saturated heterocycles. The highest BCUT2D eigenvalue weighted by Crippen LogP contribution is 2.63. The molecule has 0 bridgehead atoms. The van der Waals surface area contributed by atoms with Crippen LogP contribution >= 0.6 is 11.5 Å². The lowest BCUT2D eigenvalue weighted by Gasteiger charge is -2.54. The summed E-state index contributed by atoms with van der Waals surface area (Å²) in [5.41, 5.74) is 4.97. The zero-order valence-electron chi connectivity index (χ0n) is 12.1. The van der Waals surface area contributed by atoms with Crippen LogP contribution in [0.2, 0.25) is 10.4 Å². The van der Waals surface area contributed by atoms with E-state index in [1.807, 2.05) is 0 Å². The lowest BCUT2D eigenvalue weighted by molar-refractivity contribution is -0.120. The molecule has 0 spiro atoms. The van der Waals surface area contributed by atoms with Crippen molar-refractivity contribution in [3.63, 3.8) is 0 Å². The van der Waals surface area contributed by atoms with Crippen LogP contribution in [-0.2, 0) is 10.3 Å². The zero-order chi connectivity index (χ0) is 17.5. The van der Waals surface area contributed by atoms with E-state index in [1.54, 1.807) is 0 Å². The van der Waals surface area contributed by atoms with Gasteiger partial charge in [0.1, 0.15) is 31.4 Å². The van der Waals surface area contributed by atoms with Gasteiger partial charge in [-0.1, -0.05) is 22.2 Å². The molecule has 14 radical (unpaired) electrons. The molecule has 0 amide bonds. The van der Waals surface area contributed by atoms with Crippen LogP contribution in [0.4, 0.5) is 0 Å². The average Bonchev–Trinajstić information content (AvgIpc) is 2.68. The number of hydrogen-bond donors (Lipinski definition) is 1. The van der Waals surface area contributed by atoms with Gasteiger partial charge in [0.2, 0.25) is 0 Å². The predicted octanol–water partition coefficient (Wildman–Crippen LogP) is -5.07. The average molecular weight is 300 g/mol. The number of ketones is 1. The van der Waals surface area contributed by atoms with Gasteiger partial charge in [-0.3, -0.25) is 4.79 Å². The van der Waals surface area contributed by atoms with E-state index in [4.69, 9.17) is 72.1 Å². The molecule has 1 aliphatic heterocycles. The number of rotatable bonds is 0. The van der Waals surface area contributed by atoms with E-state index >= 15 is 0 Å². The van der Waals surface area contributed by atoms with E-state index in [1.165, 1.54) is 6.08 Å². The van der Waals surface area contributed by atoms with Crippen LogP contribution in [0, 0.1) is 0 Å². The van der Waals surface area contributed by atoms with E-state index in [0.717, 1.165) is 6.08 Å². The number of nitrogens with two attached hydrogens (primary N) is 1. The third-order valence-corrected chi connectivity index (χ3v) is 5.58. The fourth-order valence-electron chi connectivity index (χ4n) is 3.54. The first-order chi connectivity index (χ1) is 10.4. The first kappa shape index (κ1) is 17.2. The van der Waals surface area contributed by atoms with Gasteiger partial charge in [-0.05, 0) is 16.9 Å². The molecule has 0 saturated carbocycles. The lowest BCUT2D eigenvalue weighted by Crippen LogP contribution is -2.63. The third-order valence-electron chi connectivity index (χ3n) is 5.02. The first-order valence-corrected chi connectivity index (χ1v) is 7.16. The van der Waals surface area contributed by atoms with E-state index < -0.39 is 27.9 Å². The largest absolute Gasteiger partial charge is 0.316 e. The van der Waals surface area contributed by atoms with Crippen LogP contribution in [0.25, 0.3) is 0 Å². The molecule has 2 unspecified atom stereocenters. The minimum Gasteiger partial charge on any atom is -0.316 e. The minimum absolute atomic E-state index is 0.00110. The molecule has 1 aliphatic carbocycles. The normalized spacial score (nSPS) is 31.0. The fraction of sp³-hybridized carbons (Fsp3) is 0.250. The van der Waals surface area contributed by atoms with Crippen molar-refractivity contribution in [3.05, 3.63) is 17.7 Å². The number of hydrogen-bond acceptors (Lipinski definition) is 2. The highest BCUT2D eigenvalue weighted by Gasteiger charge is 2.68. The number of benzene rings is 1. The van der Waals surface area contributed by atoms with Crippen LogP contribution in [0.15, 0.2) is 12.2 Å². The first-order valence-electron chi connectivity index (χ1n) is 6.72. The maximum absolute atomic E-state index is 12.6. The van der Waals surface area contributed by atoms with Gasteiger partial charge in [0, 0.05) is 0 Å². The van der Waals surface area contributed by atoms with Crippen molar-refractivity contribution in [1.29, 1.82) is 0 Å². The third kappa shape index (κ3) is 1.67. The highest BCUT2D eigenvalue weighted by molar-refractivity contribution is 7.21. The Hall–Kier alpha value is -0.601. The van der Waals surface area contributed by atoms with Gasteiger partial charge in [0.15, 0.2) is 5.78 Å². The van der Waals surface area contributed by atoms with Crippen molar-refractivity contribution in [2.24, 2.45) is 5.73 Å². The standard InChI is InChI=1S/C12H4B8ClNO/c13-5-4-9(8(16)7(15)6(5)14)20(21)12(19)10(17,18)2-1-3(23)11(4,12)22/h1-2H,22H2. The van der Waals surface area contributed by atoms with Gasteiger partial charge >= 0.3 is 0 Å². The molecule has 3 rings (SSSR count). The van der Waals surface area contributed by atoms with Crippen LogP contribution in [0.3, 0.4) is 0 Å². The monoisotopic (exact) mass is 301 g/mol. The molecule has 2 nitrogen and oxygen atoms in total. The molecule has 2 aliphatic rings. The molecule has 2 N–H and O–H groups in total. The summed E-state index contributed by atoms with van der Waals surface area (Å²) in [4.78, 5) is 12.6. The van der Waals surface area contributed by atoms with Crippen LogP contribution in [-0.4, -0.2) is 66.8 Å². The Balaban J connectivity index is 2.52. The zero-order valence-corrected chi connectivity index (χ0v) is 12.9. The molecule has 1 aromatic rings. The van der Waals surface area contributed by atoms with Gasteiger partial charge < -0.3 is 5.73 Å². The minimum atomic E-state index is -1.88. The Bertz CT molecular complexity index is 796. The number of carbonyl (C=O) groups excluding carboxylic acids is 1. The molecular formula is C12H4B8ClNO. The van der Waals surface area contributed by atoms with Crippen molar-refractivity contribution in [3.8, 4) is 0 Å². The second-order valence-electron chi connectivity index (χ2n) is 6.11. The summed E-state index contributed by atoms with van der Waals surface area (Å²) in [5, 5.41) is -3.47. The second-order valence-corrected chi connectivity index (χ2v) is 6.55. The molecule has 0 fully saturated rings. The second kappa shape index (κ2) is 4.73. The number of allylic oxidation sites excluding steroid dienone is 1. The van der Waals surface area contributed by atoms with Gasteiger partial charge in [0.25, 0.3) is 6.13 Å². The van der Waals surface area contributed by atoms with E-state index in [0.29, 0.717) is 0 Å². The van der Waals surface area contributed by atoms with Crippen molar-refractivity contribution in [2.45, 2.75) is 16.0 Å². The molecular weight excluding hydrogens is 296 g/mol. The van der Waals surface area contributed by atoms with Crippen molar-refractivity contribution in [1.82, 2.24) is 0 Å². The van der Waals surface area contributed by atoms with E-state index in [-0.39, 0.29) is 32.9 Å². The molecule has 11 heteroatoms. The van der Waals surface area contributed by atoms with Crippen LogP contribution < -0.4 is 33.0 Å². The molecule has 1 aromatic carbocycles. The Labute approximate surface area is 150 Å². The lowest BCUT2D eigenvalue weighted by atomic mass is 9.20. The molecule has 1 heterocycles. The summed E-state index contributed by atoms with van der Waals surface area (Å²) in [6, 6.07) is 0. The van der Waals surface area contributed by atoms with Gasteiger partial charge in [0.05, 0.1) is 29.1 Å². The van der Waals surface area contributed by atoms with Crippen molar-refractivity contribution < 1.29 is 4.79 Å². The predicted molar refractivity (Wildman–Crippen MR) is 102 cm³/mol. The summed E-state index contributed by atoms with van der Waals surface area (Å²) >= 11 is 6.52. The maximum Gasteiger partial charge on any atom is 0.282 e. The quantitative estimate of drug-likeness (QED) is 0.487. The Morgan fingerprint density at radius 2 is 1.52 bits per heavy atom. The van der Waals surface area contributed by atoms with E-state index in [2.05, 4.69) is 0 Å². The smallest absolute Gasteiger partial charge is 0.282 e. The summed E-state index contributed by atoms with van der Waals surface area (Å²) in [7, 11) is 42.4.